The first-order valence-corrected chi connectivity index (χ1v) is 11.5. The van der Waals surface area contributed by atoms with E-state index in [9.17, 15) is 9.18 Å². The van der Waals surface area contributed by atoms with Crippen LogP contribution in [0.15, 0.2) is 6.20 Å². The second-order valence-electron chi connectivity index (χ2n) is 9.60. The molecular formula is C22H30ClFN6O2. The zero-order chi connectivity index (χ0) is 23.0. The lowest BCUT2D eigenvalue weighted by molar-refractivity contribution is 0.0508. The van der Waals surface area contributed by atoms with Crippen LogP contribution in [0.3, 0.4) is 0 Å². The van der Waals surface area contributed by atoms with Gasteiger partial charge >= 0.3 is 6.09 Å². The highest BCUT2D eigenvalue weighted by Crippen LogP contribution is 2.33. The van der Waals surface area contributed by atoms with E-state index in [2.05, 4.69) is 20.2 Å². The Morgan fingerprint density at radius 1 is 1.25 bits per heavy atom. The summed E-state index contributed by atoms with van der Waals surface area (Å²) < 4.78 is 20.3. The fourth-order valence-corrected chi connectivity index (χ4v) is 4.51. The maximum absolute atomic E-state index is 14.9. The molecule has 1 amide bonds. The van der Waals surface area contributed by atoms with E-state index in [-0.39, 0.29) is 22.8 Å². The zero-order valence-electron chi connectivity index (χ0n) is 19.0. The predicted molar refractivity (Wildman–Crippen MR) is 123 cm³/mol. The van der Waals surface area contributed by atoms with E-state index in [0.29, 0.717) is 30.1 Å². The number of rotatable bonds is 3. The van der Waals surface area contributed by atoms with Gasteiger partial charge < -0.3 is 19.9 Å². The van der Waals surface area contributed by atoms with Crippen LogP contribution in [0.25, 0.3) is 10.9 Å². The summed E-state index contributed by atoms with van der Waals surface area (Å²) in [4.78, 5) is 29.8. The van der Waals surface area contributed by atoms with Gasteiger partial charge in [-0.2, -0.15) is 4.98 Å². The van der Waals surface area contributed by atoms with Crippen LogP contribution in [0, 0.1) is 5.82 Å². The number of hydrogen-bond acceptors (Lipinski definition) is 7. The summed E-state index contributed by atoms with van der Waals surface area (Å²) in [7, 11) is 0. The van der Waals surface area contributed by atoms with Crippen molar-refractivity contribution in [3.8, 4) is 0 Å². The van der Waals surface area contributed by atoms with Crippen molar-refractivity contribution in [2.45, 2.75) is 71.1 Å². The van der Waals surface area contributed by atoms with E-state index in [4.69, 9.17) is 21.3 Å². The molecule has 32 heavy (non-hydrogen) atoms. The summed E-state index contributed by atoms with van der Waals surface area (Å²) in [5.41, 5.74) is -0.393. The van der Waals surface area contributed by atoms with Crippen LogP contribution >= 0.6 is 11.6 Å². The molecule has 2 aliphatic heterocycles. The average molecular weight is 465 g/mol. The highest BCUT2D eigenvalue weighted by atomic mass is 35.5. The standard InChI is InChI=1S/C22H30ClFN6O2/c1-13-10-14(26-21(31)32-22(2,3)4)12-30(13)20-27-17-15(11-25-18(23)16(17)24)19(28-20)29-8-6-5-7-9-29/h11,13-14H,5-10,12H2,1-4H3,(H,26,31)/t13-,14-/m0/s1. The lowest BCUT2D eigenvalue weighted by atomic mass is 10.1. The van der Waals surface area contributed by atoms with Crippen molar-refractivity contribution < 1.29 is 13.9 Å². The monoisotopic (exact) mass is 464 g/mol. The minimum absolute atomic E-state index is 0.0574. The molecule has 0 aromatic carbocycles. The Hall–Kier alpha value is -2.42. The lowest BCUT2D eigenvalue weighted by Crippen LogP contribution is -2.40. The van der Waals surface area contributed by atoms with Gasteiger partial charge in [-0.25, -0.2) is 19.2 Å². The predicted octanol–water partition coefficient (Wildman–Crippen LogP) is 4.30. The van der Waals surface area contributed by atoms with Gasteiger partial charge in [0.05, 0.1) is 11.4 Å². The quantitative estimate of drug-likeness (QED) is 0.678. The van der Waals surface area contributed by atoms with Crippen molar-refractivity contribution in [2.75, 3.05) is 29.4 Å². The number of hydrogen-bond donors (Lipinski definition) is 1. The Bertz CT molecular complexity index is 1010. The minimum atomic E-state index is -0.638. The largest absolute Gasteiger partial charge is 0.444 e. The molecule has 2 aromatic heterocycles. The number of nitrogens with zero attached hydrogens (tertiary/aromatic N) is 5. The Morgan fingerprint density at radius 2 is 1.97 bits per heavy atom. The summed E-state index contributed by atoms with van der Waals surface area (Å²) in [6, 6.07) is -0.0644. The summed E-state index contributed by atoms with van der Waals surface area (Å²) in [6.07, 6.45) is 5.10. The average Bonchev–Trinajstić information content (AvgIpc) is 3.09. The molecule has 2 aliphatic rings. The van der Waals surface area contributed by atoms with Gasteiger partial charge in [0.2, 0.25) is 5.95 Å². The Balaban J connectivity index is 1.65. The molecule has 8 nitrogen and oxygen atoms in total. The highest BCUT2D eigenvalue weighted by Gasteiger charge is 2.34. The van der Waals surface area contributed by atoms with Crippen molar-refractivity contribution in [1.82, 2.24) is 20.3 Å². The van der Waals surface area contributed by atoms with Gasteiger partial charge in [0.1, 0.15) is 16.9 Å². The number of anilines is 2. The maximum Gasteiger partial charge on any atom is 0.407 e. The van der Waals surface area contributed by atoms with Crippen molar-refractivity contribution in [2.24, 2.45) is 0 Å². The third kappa shape index (κ3) is 4.82. The number of fused-ring (bicyclic) bond motifs is 1. The van der Waals surface area contributed by atoms with Crippen LogP contribution in [0.5, 0.6) is 0 Å². The van der Waals surface area contributed by atoms with Crippen molar-refractivity contribution in [1.29, 1.82) is 0 Å². The van der Waals surface area contributed by atoms with Crippen LogP contribution in [-0.4, -0.2) is 58.4 Å². The molecule has 0 bridgehead atoms. The van der Waals surface area contributed by atoms with Crippen molar-refractivity contribution in [3.05, 3.63) is 17.2 Å². The third-order valence-electron chi connectivity index (χ3n) is 5.82. The van der Waals surface area contributed by atoms with Gasteiger partial charge in [-0.05, 0) is 53.4 Å². The number of carbonyl (C=O) groups is 1. The van der Waals surface area contributed by atoms with E-state index >= 15 is 0 Å². The molecule has 2 aromatic rings. The number of carbonyl (C=O) groups excluding carboxylic acids is 1. The number of piperidine rings is 1. The van der Waals surface area contributed by atoms with Crippen LogP contribution in [-0.2, 0) is 4.74 Å². The molecule has 0 unspecified atom stereocenters. The molecule has 10 heteroatoms. The number of ether oxygens (including phenoxy) is 1. The molecule has 1 N–H and O–H groups in total. The number of aromatic nitrogens is 3. The molecule has 2 fully saturated rings. The molecule has 0 saturated carbocycles. The summed E-state index contributed by atoms with van der Waals surface area (Å²) in [5.74, 6) is 0.477. The van der Waals surface area contributed by atoms with Gasteiger partial charge in [-0.15, -0.1) is 0 Å². The van der Waals surface area contributed by atoms with Crippen LogP contribution in [0.1, 0.15) is 53.4 Å². The van der Waals surface area contributed by atoms with Crippen LogP contribution in [0.2, 0.25) is 5.15 Å². The normalized spacial score (nSPS) is 21.8. The van der Waals surface area contributed by atoms with Gasteiger partial charge in [-0.1, -0.05) is 11.6 Å². The number of pyridine rings is 1. The van der Waals surface area contributed by atoms with Gasteiger partial charge in [-0.3, -0.25) is 0 Å². The summed E-state index contributed by atoms with van der Waals surface area (Å²) >= 11 is 5.96. The second kappa shape index (κ2) is 8.84. The highest BCUT2D eigenvalue weighted by molar-refractivity contribution is 6.30. The molecule has 0 aliphatic carbocycles. The lowest BCUT2D eigenvalue weighted by Gasteiger charge is -2.30. The first-order valence-electron chi connectivity index (χ1n) is 11.2. The van der Waals surface area contributed by atoms with Crippen LogP contribution < -0.4 is 15.1 Å². The Labute approximate surface area is 192 Å². The van der Waals surface area contributed by atoms with E-state index in [1.807, 2.05) is 32.6 Å². The van der Waals surface area contributed by atoms with Gasteiger partial charge in [0, 0.05) is 31.9 Å². The zero-order valence-corrected chi connectivity index (χ0v) is 19.7. The molecule has 0 spiro atoms. The second-order valence-corrected chi connectivity index (χ2v) is 9.96. The smallest absolute Gasteiger partial charge is 0.407 e. The Kier molecular flexibility index (Phi) is 6.29. The van der Waals surface area contributed by atoms with Crippen LogP contribution in [0.4, 0.5) is 21.0 Å². The van der Waals surface area contributed by atoms with Crippen molar-refractivity contribution in [3.63, 3.8) is 0 Å². The first kappa shape index (κ1) is 22.8. The van der Waals surface area contributed by atoms with Gasteiger partial charge in [0.15, 0.2) is 11.0 Å². The van der Waals surface area contributed by atoms with E-state index in [0.717, 1.165) is 25.9 Å². The van der Waals surface area contributed by atoms with E-state index in [1.54, 1.807) is 6.20 Å². The fraction of sp³-hybridized carbons (Fsp3) is 0.636. The number of amides is 1. The maximum atomic E-state index is 14.9. The first-order chi connectivity index (χ1) is 15.1. The SMILES string of the molecule is C[C@H]1C[C@H](NC(=O)OC(C)(C)C)CN1c1nc(N2CCCCC2)c2cnc(Cl)c(F)c2n1. The topological polar surface area (TPSA) is 83.5 Å². The van der Waals surface area contributed by atoms with E-state index < -0.39 is 17.5 Å². The Morgan fingerprint density at radius 3 is 2.66 bits per heavy atom. The molecule has 2 atom stereocenters. The molecule has 0 radical (unpaired) electrons. The summed E-state index contributed by atoms with van der Waals surface area (Å²) in [5, 5.41) is 3.29. The molecule has 2 saturated heterocycles. The third-order valence-corrected chi connectivity index (χ3v) is 6.08. The molecule has 4 heterocycles. The van der Waals surface area contributed by atoms with E-state index in [1.165, 1.54) is 6.42 Å². The fourth-order valence-electron chi connectivity index (χ4n) is 4.37. The number of nitrogens with one attached hydrogen (secondary N) is 1. The van der Waals surface area contributed by atoms with Crippen molar-refractivity contribution >= 4 is 40.4 Å². The minimum Gasteiger partial charge on any atom is -0.444 e. The number of alkyl carbamates (subject to hydrolysis) is 1. The summed E-state index contributed by atoms with van der Waals surface area (Å²) in [6.45, 7) is 9.75. The molecule has 4 rings (SSSR count). The molecular weight excluding hydrogens is 435 g/mol. The molecule has 174 valence electrons. The van der Waals surface area contributed by atoms with Gasteiger partial charge in [0.25, 0.3) is 0 Å². The number of halogens is 2.